The maximum atomic E-state index is 11.3. The van der Waals surface area contributed by atoms with Gasteiger partial charge >= 0.3 is 0 Å². The Labute approximate surface area is 111 Å². The Morgan fingerprint density at radius 2 is 2.11 bits per heavy atom. The number of hydrogen-bond donors (Lipinski definition) is 2. The lowest BCUT2D eigenvalue weighted by atomic mass is 10.2. The van der Waals surface area contributed by atoms with Crippen LogP contribution in [-0.2, 0) is 10.8 Å². The zero-order chi connectivity index (χ0) is 13.5. The summed E-state index contributed by atoms with van der Waals surface area (Å²) in [6, 6.07) is 5.56. The average molecular weight is 270 g/mol. The van der Waals surface area contributed by atoms with E-state index in [0.717, 1.165) is 11.4 Å². The second-order valence-electron chi connectivity index (χ2n) is 4.32. The minimum Gasteiger partial charge on any atom is -0.491 e. The molecule has 1 unspecified atom stereocenters. The highest BCUT2D eigenvalue weighted by molar-refractivity contribution is 7.84. The second kappa shape index (κ2) is 7.26. The van der Waals surface area contributed by atoms with Gasteiger partial charge in [-0.3, -0.25) is 4.21 Å². The summed E-state index contributed by atoms with van der Waals surface area (Å²) in [5, 5.41) is 3.21. The molecule has 0 saturated carbocycles. The molecule has 5 heteroatoms. The number of benzene rings is 1. The van der Waals surface area contributed by atoms with Crippen LogP contribution in [0.4, 0.5) is 11.4 Å². The molecule has 18 heavy (non-hydrogen) atoms. The lowest BCUT2D eigenvalue weighted by Gasteiger charge is -2.13. The summed E-state index contributed by atoms with van der Waals surface area (Å²) in [4.78, 5) is 0. The fourth-order valence-electron chi connectivity index (χ4n) is 1.52. The molecule has 0 aromatic heterocycles. The minimum atomic E-state index is -0.745. The molecule has 102 valence electrons. The molecule has 1 rings (SSSR count). The lowest BCUT2D eigenvalue weighted by Crippen LogP contribution is -2.12. The van der Waals surface area contributed by atoms with E-state index in [2.05, 4.69) is 5.32 Å². The first kappa shape index (κ1) is 14.8. The van der Waals surface area contributed by atoms with E-state index in [4.69, 9.17) is 10.5 Å². The van der Waals surface area contributed by atoms with Crippen molar-refractivity contribution >= 4 is 22.2 Å². The Bertz CT molecular complexity index is 408. The summed E-state index contributed by atoms with van der Waals surface area (Å²) in [7, 11) is -0.745. The number of nitrogens with two attached hydrogens (primary N) is 1. The van der Waals surface area contributed by atoms with E-state index in [1.807, 2.05) is 32.9 Å². The zero-order valence-electron chi connectivity index (χ0n) is 11.2. The number of nitrogen functional groups attached to an aromatic ring is 1. The molecule has 0 heterocycles. The van der Waals surface area contributed by atoms with Gasteiger partial charge in [-0.05, 0) is 19.9 Å². The van der Waals surface area contributed by atoms with Crippen LogP contribution in [0.15, 0.2) is 18.2 Å². The van der Waals surface area contributed by atoms with Crippen molar-refractivity contribution in [2.45, 2.75) is 26.9 Å². The van der Waals surface area contributed by atoms with Crippen molar-refractivity contribution in [3.05, 3.63) is 18.2 Å². The van der Waals surface area contributed by atoms with E-state index in [9.17, 15) is 4.21 Å². The summed E-state index contributed by atoms with van der Waals surface area (Å²) in [6.45, 7) is 6.54. The SMILES string of the molecule is CCS(=O)CCNc1cc(N)cc(OC(C)C)c1. The first-order valence-electron chi connectivity index (χ1n) is 6.17. The molecule has 3 N–H and O–H groups in total. The number of ether oxygens (including phenoxy) is 1. The van der Waals surface area contributed by atoms with Gasteiger partial charge in [0.15, 0.2) is 0 Å². The largest absolute Gasteiger partial charge is 0.491 e. The average Bonchev–Trinajstić information content (AvgIpc) is 2.27. The van der Waals surface area contributed by atoms with E-state index >= 15 is 0 Å². The highest BCUT2D eigenvalue weighted by atomic mass is 32.2. The van der Waals surface area contributed by atoms with Gasteiger partial charge in [0.1, 0.15) is 5.75 Å². The quantitative estimate of drug-likeness (QED) is 0.746. The Balaban J connectivity index is 2.59. The smallest absolute Gasteiger partial charge is 0.123 e. The van der Waals surface area contributed by atoms with Crippen LogP contribution in [-0.4, -0.2) is 28.4 Å². The van der Waals surface area contributed by atoms with Crippen molar-refractivity contribution in [3.8, 4) is 5.75 Å². The van der Waals surface area contributed by atoms with Gasteiger partial charge in [-0.2, -0.15) is 0 Å². The molecule has 0 aliphatic rings. The standard InChI is InChI=1S/C13H22N2O2S/c1-4-18(16)6-5-15-12-7-11(14)8-13(9-12)17-10(2)3/h7-10,15H,4-6,14H2,1-3H3. The number of hydrogen-bond acceptors (Lipinski definition) is 4. The first-order valence-corrected chi connectivity index (χ1v) is 7.66. The van der Waals surface area contributed by atoms with Crippen molar-refractivity contribution in [2.24, 2.45) is 0 Å². The molecule has 0 bridgehead atoms. The zero-order valence-corrected chi connectivity index (χ0v) is 12.0. The molecule has 1 atom stereocenters. The van der Waals surface area contributed by atoms with E-state index < -0.39 is 10.8 Å². The first-order chi connectivity index (χ1) is 8.51. The van der Waals surface area contributed by atoms with E-state index in [1.165, 1.54) is 0 Å². The van der Waals surface area contributed by atoms with Crippen LogP contribution in [0, 0.1) is 0 Å². The van der Waals surface area contributed by atoms with Crippen molar-refractivity contribution in [1.29, 1.82) is 0 Å². The summed E-state index contributed by atoms with van der Waals surface area (Å²) >= 11 is 0. The van der Waals surface area contributed by atoms with Crippen LogP contribution in [0.2, 0.25) is 0 Å². The third-order valence-corrected chi connectivity index (χ3v) is 3.58. The molecule has 0 saturated heterocycles. The van der Waals surface area contributed by atoms with Gasteiger partial charge in [0.2, 0.25) is 0 Å². The maximum absolute atomic E-state index is 11.3. The third kappa shape index (κ3) is 5.40. The van der Waals surface area contributed by atoms with Gasteiger partial charge in [0, 0.05) is 52.4 Å². The van der Waals surface area contributed by atoms with Crippen LogP contribution in [0.5, 0.6) is 5.75 Å². The topological polar surface area (TPSA) is 64.4 Å². The molecule has 0 aliphatic carbocycles. The van der Waals surface area contributed by atoms with Gasteiger partial charge in [-0.15, -0.1) is 0 Å². The molecule has 0 spiro atoms. The summed E-state index contributed by atoms with van der Waals surface area (Å²) in [5.41, 5.74) is 7.37. The molecular formula is C13H22N2O2S. The predicted molar refractivity (Wildman–Crippen MR) is 78.7 cm³/mol. The van der Waals surface area contributed by atoms with Crippen molar-refractivity contribution in [2.75, 3.05) is 29.1 Å². The molecular weight excluding hydrogens is 248 g/mol. The monoisotopic (exact) mass is 270 g/mol. The Morgan fingerprint density at radius 1 is 1.39 bits per heavy atom. The summed E-state index contributed by atoms with van der Waals surface area (Å²) in [6.07, 6.45) is 0.118. The van der Waals surface area contributed by atoms with Crippen molar-refractivity contribution < 1.29 is 8.95 Å². The number of nitrogens with one attached hydrogen (secondary N) is 1. The van der Waals surface area contributed by atoms with Gasteiger partial charge in [-0.25, -0.2) is 0 Å². The highest BCUT2D eigenvalue weighted by Gasteiger charge is 2.03. The van der Waals surface area contributed by atoms with Crippen LogP contribution in [0.25, 0.3) is 0 Å². The fourth-order valence-corrected chi connectivity index (χ4v) is 2.14. The fraction of sp³-hybridized carbons (Fsp3) is 0.538. The summed E-state index contributed by atoms with van der Waals surface area (Å²) in [5.74, 6) is 2.09. The van der Waals surface area contributed by atoms with Gasteiger partial charge in [-0.1, -0.05) is 6.92 Å². The van der Waals surface area contributed by atoms with E-state index in [0.29, 0.717) is 23.7 Å². The molecule has 4 nitrogen and oxygen atoms in total. The molecule has 0 fully saturated rings. The van der Waals surface area contributed by atoms with Crippen LogP contribution in [0.3, 0.4) is 0 Å². The molecule has 0 aliphatic heterocycles. The van der Waals surface area contributed by atoms with Crippen molar-refractivity contribution in [3.63, 3.8) is 0 Å². The number of anilines is 2. The van der Waals surface area contributed by atoms with Crippen LogP contribution < -0.4 is 15.8 Å². The lowest BCUT2D eigenvalue weighted by molar-refractivity contribution is 0.242. The number of rotatable bonds is 7. The van der Waals surface area contributed by atoms with E-state index in [1.54, 1.807) is 6.07 Å². The van der Waals surface area contributed by atoms with Gasteiger partial charge < -0.3 is 15.8 Å². The van der Waals surface area contributed by atoms with Gasteiger partial charge in [0.05, 0.1) is 6.10 Å². The maximum Gasteiger partial charge on any atom is 0.123 e. The van der Waals surface area contributed by atoms with Crippen LogP contribution >= 0.6 is 0 Å². The molecule has 0 amide bonds. The predicted octanol–water partition coefficient (Wildman–Crippen LogP) is 2.24. The molecule has 0 radical (unpaired) electrons. The van der Waals surface area contributed by atoms with E-state index in [-0.39, 0.29) is 6.10 Å². The van der Waals surface area contributed by atoms with Gasteiger partial charge in [0.25, 0.3) is 0 Å². The summed E-state index contributed by atoms with van der Waals surface area (Å²) < 4.78 is 16.9. The molecule has 1 aromatic carbocycles. The normalized spacial score (nSPS) is 12.4. The third-order valence-electron chi connectivity index (χ3n) is 2.28. The Morgan fingerprint density at radius 3 is 2.72 bits per heavy atom. The highest BCUT2D eigenvalue weighted by Crippen LogP contribution is 2.23. The Hall–Kier alpha value is -1.23. The minimum absolute atomic E-state index is 0.118. The van der Waals surface area contributed by atoms with Crippen molar-refractivity contribution in [1.82, 2.24) is 0 Å². The Kier molecular flexibility index (Phi) is 5.98. The van der Waals surface area contributed by atoms with Crippen LogP contribution in [0.1, 0.15) is 20.8 Å². The second-order valence-corrected chi connectivity index (χ2v) is 6.18. The molecule has 1 aromatic rings.